The molecule has 1 aromatic heterocycles. The molecule has 3 N–H and O–H groups in total. The van der Waals surface area contributed by atoms with E-state index in [1.807, 2.05) is 18.2 Å². The summed E-state index contributed by atoms with van der Waals surface area (Å²) >= 11 is 0. The van der Waals surface area contributed by atoms with E-state index in [0.717, 1.165) is 11.3 Å². The minimum Gasteiger partial charge on any atom is -0.508 e. The molecule has 0 fully saturated rings. The van der Waals surface area contributed by atoms with Gasteiger partial charge in [0.15, 0.2) is 0 Å². The Kier molecular flexibility index (Phi) is 2.07. The monoisotopic (exact) mass is 186 g/mol. The van der Waals surface area contributed by atoms with Gasteiger partial charge in [0, 0.05) is 5.56 Å². The van der Waals surface area contributed by atoms with E-state index in [9.17, 15) is 0 Å². The third kappa shape index (κ3) is 1.66. The molecule has 0 spiro atoms. The van der Waals surface area contributed by atoms with Crippen molar-refractivity contribution in [3.8, 4) is 17.0 Å². The molecule has 3 nitrogen and oxygen atoms in total. The largest absolute Gasteiger partial charge is 0.508 e. The Labute approximate surface area is 81.8 Å². The van der Waals surface area contributed by atoms with Gasteiger partial charge in [0.05, 0.1) is 17.6 Å². The summed E-state index contributed by atoms with van der Waals surface area (Å²) in [6.45, 7) is 0. The number of pyridine rings is 1. The highest BCUT2D eigenvalue weighted by molar-refractivity contribution is 5.61. The Morgan fingerprint density at radius 1 is 1.00 bits per heavy atom. The fourth-order valence-corrected chi connectivity index (χ4v) is 1.21. The van der Waals surface area contributed by atoms with Gasteiger partial charge in [-0.25, -0.2) is 0 Å². The smallest absolute Gasteiger partial charge is 0.115 e. The van der Waals surface area contributed by atoms with Crippen molar-refractivity contribution in [3.63, 3.8) is 0 Å². The van der Waals surface area contributed by atoms with Crippen molar-refractivity contribution in [1.29, 1.82) is 0 Å². The summed E-state index contributed by atoms with van der Waals surface area (Å²) in [5.74, 6) is 0.254. The van der Waals surface area contributed by atoms with Crippen LogP contribution < -0.4 is 5.73 Å². The maximum absolute atomic E-state index is 9.11. The van der Waals surface area contributed by atoms with Gasteiger partial charge in [0.1, 0.15) is 5.75 Å². The predicted octanol–water partition coefficient (Wildman–Crippen LogP) is 2.04. The second-order valence-electron chi connectivity index (χ2n) is 3.02. The van der Waals surface area contributed by atoms with Crippen LogP contribution in [0.1, 0.15) is 0 Å². The van der Waals surface area contributed by atoms with Gasteiger partial charge in [-0.05, 0) is 36.4 Å². The molecule has 3 heteroatoms. The van der Waals surface area contributed by atoms with Crippen LogP contribution in [-0.4, -0.2) is 10.1 Å². The van der Waals surface area contributed by atoms with Gasteiger partial charge in [-0.1, -0.05) is 0 Å². The standard InChI is InChI=1S/C11H10N2O/c12-9-3-6-11(13-7-9)8-1-4-10(14)5-2-8/h1-7,14H,12H2. The van der Waals surface area contributed by atoms with E-state index in [1.165, 1.54) is 0 Å². The highest BCUT2D eigenvalue weighted by atomic mass is 16.3. The quantitative estimate of drug-likeness (QED) is 0.716. The SMILES string of the molecule is Nc1ccc(-c2ccc(O)cc2)nc1. The summed E-state index contributed by atoms with van der Waals surface area (Å²) in [5.41, 5.74) is 7.98. The topological polar surface area (TPSA) is 59.1 Å². The van der Waals surface area contributed by atoms with Crippen LogP contribution in [0.3, 0.4) is 0 Å². The zero-order valence-electron chi connectivity index (χ0n) is 7.51. The van der Waals surface area contributed by atoms with Gasteiger partial charge in [-0.2, -0.15) is 0 Å². The molecule has 0 aliphatic heterocycles. The lowest BCUT2D eigenvalue weighted by molar-refractivity contribution is 0.475. The molecule has 0 amide bonds. The van der Waals surface area contributed by atoms with Crippen molar-refractivity contribution in [2.45, 2.75) is 0 Å². The normalized spacial score (nSPS) is 10.0. The van der Waals surface area contributed by atoms with Crippen molar-refractivity contribution < 1.29 is 5.11 Å². The number of aromatic hydroxyl groups is 1. The van der Waals surface area contributed by atoms with Crippen LogP contribution in [0.25, 0.3) is 11.3 Å². The van der Waals surface area contributed by atoms with Crippen LogP contribution in [0.5, 0.6) is 5.75 Å². The number of aromatic nitrogens is 1. The molecule has 1 heterocycles. The van der Waals surface area contributed by atoms with Crippen molar-refractivity contribution >= 4 is 5.69 Å². The van der Waals surface area contributed by atoms with E-state index in [4.69, 9.17) is 10.8 Å². The molecular formula is C11H10N2O. The summed E-state index contributed by atoms with van der Waals surface area (Å²) in [7, 11) is 0. The van der Waals surface area contributed by atoms with Gasteiger partial charge < -0.3 is 10.8 Å². The van der Waals surface area contributed by atoms with Crippen LogP contribution >= 0.6 is 0 Å². The average Bonchev–Trinajstić information content (AvgIpc) is 2.21. The van der Waals surface area contributed by atoms with E-state index in [1.54, 1.807) is 24.4 Å². The highest BCUT2D eigenvalue weighted by Crippen LogP contribution is 2.20. The van der Waals surface area contributed by atoms with Gasteiger partial charge in [0.25, 0.3) is 0 Å². The van der Waals surface area contributed by atoms with E-state index in [2.05, 4.69) is 4.98 Å². The minimum atomic E-state index is 0.254. The van der Waals surface area contributed by atoms with Crippen molar-refractivity contribution in [1.82, 2.24) is 4.98 Å². The number of nitrogens with zero attached hydrogens (tertiary/aromatic N) is 1. The number of rotatable bonds is 1. The van der Waals surface area contributed by atoms with Gasteiger partial charge in [-0.3, -0.25) is 4.98 Å². The van der Waals surface area contributed by atoms with E-state index in [-0.39, 0.29) is 5.75 Å². The molecule has 14 heavy (non-hydrogen) atoms. The van der Waals surface area contributed by atoms with Gasteiger partial charge in [0.2, 0.25) is 0 Å². The Morgan fingerprint density at radius 3 is 2.29 bits per heavy atom. The fraction of sp³-hybridized carbons (Fsp3) is 0. The third-order valence-electron chi connectivity index (χ3n) is 1.95. The predicted molar refractivity (Wildman–Crippen MR) is 55.8 cm³/mol. The maximum atomic E-state index is 9.11. The number of hydrogen-bond donors (Lipinski definition) is 2. The lowest BCUT2D eigenvalue weighted by atomic mass is 10.1. The summed E-state index contributed by atoms with van der Waals surface area (Å²) in [4.78, 5) is 4.17. The van der Waals surface area contributed by atoms with Crippen molar-refractivity contribution in [2.24, 2.45) is 0 Å². The lowest BCUT2D eigenvalue weighted by Gasteiger charge is -2.00. The Hall–Kier alpha value is -2.03. The molecule has 0 atom stereocenters. The van der Waals surface area contributed by atoms with Crippen LogP contribution in [0.2, 0.25) is 0 Å². The fourth-order valence-electron chi connectivity index (χ4n) is 1.21. The molecule has 2 aromatic rings. The Bertz CT molecular complexity index is 377. The molecule has 2 rings (SSSR count). The second-order valence-corrected chi connectivity index (χ2v) is 3.02. The number of benzene rings is 1. The third-order valence-corrected chi connectivity index (χ3v) is 1.95. The van der Waals surface area contributed by atoms with Crippen LogP contribution in [0.15, 0.2) is 42.6 Å². The summed E-state index contributed by atoms with van der Waals surface area (Å²) in [6.07, 6.45) is 1.61. The highest BCUT2D eigenvalue weighted by Gasteiger charge is 1.97. The maximum Gasteiger partial charge on any atom is 0.115 e. The van der Waals surface area contributed by atoms with Crippen LogP contribution in [0, 0.1) is 0 Å². The molecule has 0 aliphatic rings. The first-order chi connectivity index (χ1) is 6.75. The molecular weight excluding hydrogens is 176 g/mol. The zero-order valence-corrected chi connectivity index (χ0v) is 7.51. The van der Waals surface area contributed by atoms with Crippen molar-refractivity contribution in [2.75, 3.05) is 5.73 Å². The summed E-state index contributed by atoms with van der Waals surface area (Å²) < 4.78 is 0. The summed E-state index contributed by atoms with van der Waals surface area (Å²) in [5, 5.41) is 9.11. The molecule has 1 aromatic carbocycles. The minimum absolute atomic E-state index is 0.254. The first kappa shape index (κ1) is 8.56. The van der Waals surface area contributed by atoms with Crippen molar-refractivity contribution in [3.05, 3.63) is 42.6 Å². The molecule has 0 aliphatic carbocycles. The second kappa shape index (κ2) is 3.38. The van der Waals surface area contributed by atoms with E-state index >= 15 is 0 Å². The molecule has 0 bridgehead atoms. The Balaban J connectivity index is 2.40. The zero-order chi connectivity index (χ0) is 9.97. The molecule has 70 valence electrons. The number of anilines is 1. The first-order valence-corrected chi connectivity index (χ1v) is 4.26. The number of nitrogen functional groups attached to an aromatic ring is 1. The molecule has 0 saturated carbocycles. The van der Waals surface area contributed by atoms with E-state index < -0.39 is 0 Å². The lowest BCUT2D eigenvalue weighted by Crippen LogP contribution is -1.87. The molecule has 0 saturated heterocycles. The van der Waals surface area contributed by atoms with Gasteiger partial charge >= 0.3 is 0 Å². The van der Waals surface area contributed by atoms with Gasteiger partial charge in [-0.15, -0.1) is 0 Å². The van der Waals surface area contributed by atoms with E-state index in [0.29, 0.717) is 5.69 Å². The number of hydrogen-bond acceptors (Lipinski definition) is 3. The summed E-state index contributed by atoms with van der Waals surface area (Å²) in [6, 6.07) is 10.5. The molecule has 0 unspecified atom stereocenters. The van der Waals surface area contributed by atoms with Crippen LogP contribution in [-0.2, 0) is 0 Å². The molecule has 0 radical (unpaired) electrons. The number of phenolic OH excluding ortho intramolecular Hbond substituents is 1. The average molecular weight is 186 g/mol. The first-order valence-electron chi connectivity index (χ1n) is 4.26. The Morgan fingerprint density at radius 2 is 1.71 bits per heavy atom. The van der Waals surface area contributed by atoms with Crippen LogP contribution in [0.4, 0.5) is 5.69 Å². The number of nitrogens with two attached hydrogens (primary N) is 1. The number of phenols is 1.